The van der Waals surface area contributed by atoms with Crippen LogP contribution in [0.2, 0.25) is 0 Å². The predicted molar refractivity (Wildman–Crippen MR) is 218 cm³/mol. The van der Waals surface area contributed by atoms with Gasteiger partial charge in [0.1, 0.15) is 6.04 Å². The Morgan fingerprint density at radius 1 is 0.873 bits per heavy atom. The van der Waals surface area contributed by atoms with Crippen molar-refractivity contribution in [1.29, 1.82) is 0 Å². The van der Waals surface area contributed by atoms with Crippen LogP contribution in [0.4, 0.5) is 0 Å². The molecule has 0 spiro atoms. The van der Waals surface area contributed by atoms with Crippen molar-refractivity contribution in [1.82, 2.24) is 25.3 Å². The second kappa shape index (κ2) is 22.6. The Hall–Kier alpha value is -3.06. The zero-order valence-electron chi connectivity index (χ0n) is 36.4. The summed E-state index contributed by atoms with van der Waals surface area (Å²) in [6.07, 6.45) is 1.03. The largest absolute Gasteiger partial charge is 0.386 e. The molecule has 11 atom stereocenters. The van der Waals surface area contributed by atoms with E-state index >= 15 is 0 Å². The van der Waals surface area contributed by atoms with Gasteiger partial charge in [-0.15, -0.1) is 0 Å². The quantitative estimate of drug-likeness (QED) is 0.149. The van der Waals surface area contributed by atoms with Crippen LogP contribution >= 0.6 is 0 Å². The summed E-state index contributed by atoms with van der Waals surface area (Å²) in [7, 11) is 6.84. The van der Waals surface area contributed by atoms with Crippen molar-refractivity contribution in [2.24, 2.45) is 23.7 Å². The normalized spacial score (nSPS) is 20.3. The number of ether oxygens (including phenoxy) is 2. The number of nitrogens with zero attached hydrogens (tertiary/aromatic N) is 3. The van der Waals surface area contributed by atoms with E-state index in [-0.39, 0.29) is 59.9 Å². The topological polar surface area (TPSA) is 141 Å². The highest BCUT2D eigenvalue weighted by molar-refractivity contribution is 5.90. The van der Waals surface area contributed by atoms with Crippen molar-refractivity contribution in [3.63, 3.8) is 0 Å². The molecule has 2 rings (SSSR count). The minimum Gasteiger partial charge on any atom is -0.386 e. The van der Waals surface area contributed by atoms with Crippen LogP contribution in [0, 0.1) is 23.7 Å². The molecule has 3 N–H and O–H groups in total. The van der Waals surface area contributed by atoms with Gasteiger partial charge in [0.25, 0.3) is 0 Å². The molecule has 1 saturated heterocycles. The van der Waals surface area contributed by atoms with Crippen molar-refractivity contribution in [2.45, 2.75) is 156 Å². The van der Waals surface area contributed by atoms with Gasteiger partial charge < -0.3 is 35.0 Å². The second-order valence-corrected chi connectivity index (χ2v) is 16.6. The van der Waals surface area contributed by atoms with Crippen molar-refractivity contribution in [2.75, 3.05) is 34.9 Å². The van der Waals surface area contributed by atoms with Crippen LogP contribution in [0.3, 0.4) is 0 Å². The molecule has 1 fully saturated rings. The number of aliphatic hydroxyl groups is 1. The summed E-state index contributed by atoms with van der Waals surface area (Å²) in [4.78, 5) is 61.5. The van der Waals surface area contributed by atoms with Crippen LogP contribution in [-0.2, 0) is 28.7 Å². The number of carbonyl (C=O) groups is 4. The van der Waals surface area contributed by atoms with Crippen molar-refractivity contribution < 1.29 is 33.8 Å². The number of likely N-dealkylation sites (N-methyl/N-ethyl adjacent to an activating group) is 2. The maximum atomic E-state index is 14.4. The lowest BCUT2D eigenvalue weighted by Gasteiger charge is -2.41. The molecule has 1 aliphatic rings. The SMILES string of the molecule is CCC(C)N(C)[C@H](C(=O)N[C@H](C(=O)N(C)C([C@@H](C)CC)[C@@H](CC(=O)N1CCC[C@H]1[C@H](OC)C(C)C(=O)N[C@H](C)[C@@H](O)c1ccccc1)OC)C(C)C)C(C)C. The minimum atomic E-state index is -0.877. The highest BCUT2D eigenvalue weighted by Gasteiger charge is 2.43. The van der Waals surface area contributed by atoms with Crippen LogP contribution in [0.15, 0.2) is 30.3 Å². The highest BCUT2D eigenvalue weighted by Crippen LogP contribution is 2.30. The highest BCUT2D eigenvalue weighted by atomic mass is 16.5. The van der Waals surface area contributed by atoms with Gasteiger partial charge in [-0.25, -0.2) is 0 Å². The van der Waals surface area contributed by atoms with E-state index in [1.54, 1.807) is 44.9 Å². The molecular formula is C43H75N5O7. The molecular weight excluding hydrogens is 699 g/mol. The summed E-state index contributed by atoms with van der Waals surface area (Å²) in [6, 6.07) is 6.91. The number of amides is 4. The molecule has 0 aromatic heterocycles. The number of hydrogen-bond acceptors (Lipinski definition) is 8. The first kappa shape index (κ1) is 48.1. The molecule has 0 radical (unpaired) electrons. The Balaban J connectivity index is 2.27. The molecule has 12 heteroatoms. The monoisotopic (exact) mass is 774 g/mol. The minimum absolute atomic E-state index is 0.0202. The van der Waals surface area contributed by atoms with E-state index in [0.717, 1.165) is 19.3 Å². The van der Waals surface area contributed by atoms with Gasteiger partial charge in [-0.1, -0.05) is 92.1 Å². The number of rotatable bonds is 22. The molecule has 12 nitrogen and oxygen atoms in total. The van der Waals surface area contributed by atoms with Crippen LogP contribution in [0.1, 0.15) is 113 Å². The maximum Gasteiger partial charge on any atom is 0.245 e. The molecule has 55 heavy (non-hydrogen) atoms. The first-order valence-electron chi connectivity index (χ1n) is 20.5. The first-order valence-corrected chi connectivity index (χ1v) is 20.5. The molecule has 0 bridgehead atoms. The van der Waals surface area contributed by atoms with Gasteiger partial charge >= 0.3 is 0 Å². The average Bonchev–Trinajstić information content (AvgIpc) is 3.65. The van der Waals surface area contributed by atoms with Crippen LogP contribution in [-0.4, -0.2) is 127 Å². The van der Waals surface area contributed by atoms with Crippen LogP contribution in [0.25, 0.3) is 0 Å². The lowest BCUT2D eigenvalue weighted by Crippen LogP contribution is -2.60. The summed E-state index contributed by atoms with van der Waals surface area (Å²) in [5.41, 5.74) is 0.712. The lowest BCUT2D eigenvalue weighted by atomic mass is 9.89. The molecule has 0 aliphatic carbocycles. The molecule has 3 unspecified atom stereocenters. The lowest BCUT2D eigenvalue weighted by molar-refractivity contribution is -0.148. The average molecular weight is 774 g/mol. The van der Waals surface area contributed by atoms with Crippen molar-refractivity contribution >= 4 is 23.6 Å². The van der Waals surface area contributed by atoms with E-state index in [9.17, 15) is 24.3 Å². The van der Waals surface area contributed by atoms with Crippen molar-refractivity contribution in [3.8, 4) is 0 Å². The zero-order valence-corrected chi connectivity index (χ0v) is 36.4. The Morgan fingerprint density at radius 2 is 1.49 bits per heavy atom. The number of carbonyl (C=O) groups excluding carboxylic acids is 4. The molecule has 4 amide bonds. The van der Waals surface area contributed by atoms with E-state index in [0.29, 0.717) is 18.5 Å². The summed E-state index contributed by atoms with van der Waals surface area (Å²) in [5, 5.41) is 16.9. The van der Waals surface area contributed by atoms with E-state index in [1.807, 2.05) is 65.1 Å². The predicted octanol–water partition coefficient (Wildman–Crippen LogP) is 5.04. The van der Waals surface area contributed by atoms with Gasteiger partial charge in [0.05, 0.1) is 54.8 Å². The van der Waals surface area contributed by atoms with Gasteiger partial charge in [0, 0.05) is 33.9 Å². The van der Waals surface area contributed by atoms with E-state index in [2.05, 4.69) is 43.2 Å². The Kier molecular flexibility index (Phi) is 19.8. The van der Waals surface area contributed by atoms with Crippen LogP contribution in [0.5, 0.6) is 0 Å². The fourth-order valence-corrected chi connectivity index (χ4v) is 8.17. The van der Waals surface area contributed by atoms with E-state index in [1.165, 1.54) is 0 Å². The van der Waals surface area contributed by atoms with E-state index in [4.69, 9.17) is 9.47 Å². The number of benzene rings is 1. The van der Waals surface area contributed by atoms with Gasteiger partial charge in [-0.2, -0.15) is 0 Å². The Bertz CT molecular complexity index is 1350. The fourth-order valence-electron chi connectivity index (χ4n) is 8.17. The number of aliphatic hydroxyl groups excluding tert-OH is 1. The standard InChI is InChI=1S/C43H75N5O7/c1-15-28(7)38(47(12)43(53)36(26(3)4)45-42(52)37(27(5)6)46(11)29(8)16-2)34(54-13)25-35(49)48-24-20-23-33(48)40(55-14)30(9)41(51)44-31(10)39(50)32-21-18-17-19-22-32/h17-19,21-22,26-31,33-34,36-40,50H,15-16,20,23-25H2,1-14H3,(H,44,51)(H,45,52)/t28-,29?,30?,31+,33-,34+,36-,37-,38?,39+,40+/m0/s1. The maximum absolute atomic E-state index is 14.4. The zero-order chi connectivity index (χ0) is 41.7. The summed E-state index contributed by atoms with van der Waals surface area (Å²) < 4.78 is 12.0. The third-order valence-corrected chi connectivity index (χ3v) is 12.1. The van der Waals surface area contributed by atoms with Gasteiger partial charge in [0.2, 0.25) is 23.6 Å². The summed E-state index contributed by atoms with van der Waals surface area (Å²) in [5.74, 6) is -1.56. The van der Waals surface area contributed by atoms with Gasteiger partial charge in [0.15, 0.2) is 0 Å². The third kappa shape index (κ3) is 12.5. The smallest absolute Gasteiger partial charge is 0.245 e. The van der Waals surface area contributed by atoms with E-state index < -0.39 is 48.4 Å². The molecule has 1 aromatic rings. The number of likely N-dealkylation sites (tertiary alicyclic amines) is 1. The summed E-state index contributed by atoms with van der Waals surface area (Å²) in [6.45, 7) is 20.3. The van der Waals surface area contributed by atoms with Gasteiger partial charge in [-0.05, 0) is 63.5 Å². The second-order valence-electron chi connectivity index (χ2n) is 16.6. The van der Waals surface area contributed by atoms with Crippen molar-refractivity contribution in [3.05, 3.63) is 35.9 Å². The number of nitrogens with one attached hydrogen (secondary N) is 2. The fraction of sp³-hybridized carbons (Fsp3) is 0.767. The molecule has 1 heterocycles. The van der Waals surface area contributed by atoms with Gasteiger partial charge in [-0.3, -0.25) is 24.1 Å². The third-order valence-electron chi connectivity index (χ3n) is 12.1. The number of hydrogen-bond donors (Lipinski definition) is 3. The molecule has 0 saturated carbocycles. The Morgan fingerprint density at radius 3 is 2.00 bits per heavy atom. The summed E-state index contributed by atoms with van der Waals surface area (Å²) >= 11 is 0. The Labute approximate surface area is 332 Å². The molecule has 1 aromatic carbocycles. The first-order chi connectivity index (χ1) is 25.9. The molecule has 1 aliphatic heterocycles. The molecule has 314 valence electrons. The number of methoxy groups -OCH3 is 2. The van der Waals surface area contributed by atoms with Crippen LogP contribution < -0.4 is 10.6 Å².